The average Bonchev–Trinajstić information content (AvgIpc) is 2.45. The lowest BCUT2D eigenvalue weighted by Gasteiger charge is -2.11. The summed E-state index contributed by atoms with van der Waals surface area (Å²) >= 11 is 0. The Balaban J connectivity index is 2.40. The molecule has 1 aromatic carbocycles. The third-order valence-electron chi connectivity index (χ3n) is 2.89. The van der Waals surface area contributed by atoms with Crippen LogP contribution in [-0.4, -0.2) is 16.6 Å². The van der Waals surface area contributed by atoms with Gasteiger partial charge in [-0.25, -0.2) is 9.97 Å². The van der Waals surface area contributed by atoms with Crippen molar-refractivity contribution in [3.63, 3.8) is 0 Å². The molecule has 0 bridgehead atoms. The third-order valence-corrected chi connectivity index (χ3v) is 2.89. The number of ether oxygens (including phenoxy) is 1. The van der Waals surface area contributed by atoms with E-state index in [1.165, 1.54) is 0 Å². The molecule has 0 saturated carbocycles. The predicted molar refractivity (Wildman–Crippen MR) is 81.7 cm³/mol. The molecule has 0 fully saturated rings. The van der Waals surface area contributed by atoms with E-state index in [2.05, 4.69) is 23.8 Å². The molecular formula is C16H21N3O. The summed E-state index contributed by atoms with van der Waals surface area (Å²) in [6, 6.07) is 9.70. The monoisotopic (exact) mass is 271 g/mol. The molecule has 4 nitrogen and oxygen atoms in total. The number of aromatic nitrogens is 2. The van der Waals surface area contributed by atoms with E-state index in [9.17, 15) is 0 Å². The highest BCUT2D eigenvalue weighted by Gasteiger charge is 2.09. The normalized spacial score (nSPS) is 10.5. The maximum Gasteiger partial charge on any atom is 0.131 e. The van der Waals surface area contributed by atoms with Crippen molar-refractivity contribution in [1.82, 2.24) is 9.97 Å². The molecule has 0 saturated heterocycles. The highest BCUT2D eigenvalue weighted by molar-refractivity contribution is 5.68. The highest BCUT2D eigenvalue weighted by atomic mass is 16.5. The van der Waals surface area contributed by atoms with Gasteiger partial charge in [0, 0.05) is 18.1 Å². The van der Waals surface area contributed by atoms with E-state index >= 15 is 0 Å². The molecule has 2 rings (SSSR count). The first kappa shape index (κ1) is 14.3. The first-order chi connectivity index (χ1) is 9.74. The minimum Gasteiger partial charge on any atom is -0.493 e. The van der Waals surface area contributed by atoms with Crippen LogP contribution in [0, 0.1) is 0 Å². The molecule has 106 valence electrons. The lowest BCUT2D eigenvalue weighted by Crippen LogP contribution is -2.02. The Morgan fingerprint density at radius 2 is 1.90 bits per heavy atom. The zero-order chi connectivity index (χ0) is 14.4. The predicted octanol–water partition coefficient (Wildman–Crippen LogP) is 3.47. The van der Waals surface area contributed by atoms with E-state index in [0.717, 1.165) is 42.1 Å². The first-order valence-electron chi connectivity index (χ1n) is 7.10. The molecule has 0 amide bonds. The second-order valence-electron chi connectivity index (χ2n) is 4.69. The molecule has 0 atom stereocenters. The van der Waals surface area contributed by atoms with Gasteiger partial charge in [-0.1, -0.05) is 26.0 Å². The van der Waals surface area contributed by atoms with Crippen molar-refractivity contribution >= 4 is 5.82 Å². The third kappa shape index (κ3) is 3.47. The molecule has 1 aromatic heterocycles. The fourth-order valence-electron chi connectivity index (χ4n) is 2.01. The van der Waals surface area contributed by atoms with E-state index in [4.69, 9.17) is 10.5 Å². The standard InChI is InChI=1S/C16H21N3O/c1-3-7-16-18-13(11-15(17)19-16)12-8-5-6-9-14(12)20-10-4-2/h5-6,8-9,11H,3-4,7,10H2,1-2H3,(H2,17,18,19). The molecule has 0 unspecified atom stereocenters. The number of nitrogens with zero attached hydrogens (tertiary/aromatic N) is 2. The molecule has 0 aliphatic heterocycles. The molecule has 0 spiro atoms. The van der Waals surface area contributed by atoms with Gasteiger partial charge in [0.25, 0.3) is 0 Å². The average molecular weight is 271 g/mol. The smallest absolute Gasteiger partial charge is 0.131 e. The number of hydrogen-bond acceptors (Lipinski definition) is 4. The van der Waals surface area contributed by atoms with E-state index in [1.807, 2.05) is 24.3 Å². The van der Waals surface area contributed by atoms with Crippen molar-refractivity contribution in [2.75, 3.05) is 12.3 Å². The number of rotatable bonds is 6. The van der Waals surface area contributed by atoms with E-state index in [-0.39, 0.29) is 0 Å². The van der Waals surface area contributed by atoms with Crippen LogP contribution < -0.4 is 10.5 Å². The first-order valence-corrected chi connectivity index (χ1v) is 7.10. The Bertz CT molecular complexity index is 569. The lowest BCUT2D eigenvalue weighted by molar-refractivity contribution is 0.318. The Labute approximate surface area is 120 Å². The molecule has 0 aliphatic rings. The number of nitrogens with two attached hydrogens (primary N) is 1. The maximum absolute atomic E-state index is 5.89. The number of benzene rings is 1. The summed E-state index contributed by atoms with van der Waals surface area (Å²) in [5.74, 6) is 2.13. The molecule has 2 N–H and O–H groups in total. The second kappa shape index (κ2) is 6.89. The summed E-state index contributed by atoms with van der Waals surface area (Å²) in [5.41, 5.74) is 7.68. The SMILES string of the molecule is CCCOc1ccccc1-c1cc(N)nc(CCC)n1. The number of anilines is 1. The van der Waals surface area contributed by atoms with Crippen LogP contribution >= 0.6 is 0 Å². The van der Waals surface area contributed by atoms with Crippen LogP contribution in [0.4, 0.5) is 5.82 Å². The summed E-state index contributed by atoms with van der Waals surface area (Å²) in [6.07, 6.45) is 2.80. The number of nitrogen functional groups attached to an aromatic ring is 1. The van der Waals surface area contributed by atoms with Crippen LogP contribution in [0.1, 0.15) is 32.5 Å². The van der Waals surface area contributed by atoms with Crippen molar-refractivity contribution in [2.45, 2.75) is 33.1 Å². The van der Waals surface area contributed by atoms with Crippen LogP contribution in [0.3, 0.4) is 0 Å². The van der Waals surface area contributed by atoms with Crippen LogP contribution in [0.2, 0.25) is 0 Å². The van der Waals surface area contributed by atoms with Gasteiger partial charge in [-0.15, -0.1) is 0 Å². The number of para-hydroxylation sites is 1. The molecule has 2 aromatic rings. The Kier molecular flexibility index (Phi) is 4.93. The van der Waals surface area contributed by atoms with Gasteiger partial charge in [-0.05, 0) is 25.0 Å². The maximum atomic E-state index is 5.89. The zero-order valence-corrected chi connectivity index (χ0v) is 12.1. The Morgan fingerprint density at radius 1 is 1.10 bits per heavy atom. The van der Waals surface area contributed by atoms with Crippen LogP contribution in [0.25, 0.3) is 11.3 Å². The number of aryl methyl sites for hydroxylation is 1. The zero-order valence-electron chi connectivity index (χ0n) is 12.1. The van der Waals surface area contributed by atoms with E-state index in [1.54, 1.807) is 6.07 Å². The van der Waals surface area contributed by atoms with Crippen LogP contribution in [-0.2, 0) is 6.42 Å². The van der Waals surface area contributed by atoms with Gasteiger partial charge >= 0.3 is 0 Å². The summed E-state index contributed by atoms with van der Waals surface area (Å²) in [6.45, 7) is 4.88. The summed E-state index contributed by atoms with van der Waals surface area (Å²) in [7, 11) is 0. The van der Waals surface area contributed by atoms with Gasteiger partial charge in [0.05, 0.1) is 12.3 Å². The largest absolute Gasteiger partial charge is 0.493 e. The van der Waals surface area contributed by atoms with Crippen molar-refractivity contribution in [3.05, 3.63) is 36.2 Å². The quantitative estimate of drug-likeness (QED) is 0.874. The Morgan fingerprint density at radius 3 is 2.65 bits per heavy atom. The van der Waals surface area contributed by atoms with Crippen molar-refractivity contribution in [3.8, 4) is 17.0 Å². The number of hydrogen-bond donors (Lipinski definition) is 1. The van der Waals surface area contributed by atoms with Crippen molar-refractivity contribution in [1.29, 1.82) is 0 Å². The van der Waals surface area contributed by atoms with Crippen molar-refractivity contribution in [2.24, 2.45) is 0 Å². The van der Waals surface area contributed by atoms with Crippen molar-refractivity contribution < 1.29 is 4.74 Å². The Hall–Kier alpha value is -2.10. The summed E-state index contributed by atoms with van der Waals surface area (Å²) in [4.78, 5) is 8.86. The van der Waals surface area contributed by atoms with Gasteiger partial charge in [0.15, 0.2) is 0 Å². The highest BCUT2D eigenvalue weighted by Crippen LogP contribution is 2.29. The summed E-state index contributed by atoms with van der Waals surface area (Å²) in [5, 5.41) is 0. The fourth-order valence-corrected chi connectivity index (χ4v) is 2.01. The van der Waals surface area contributed by atoms with Gasteiger partial charge < -0.3 is 10.5 Å². The van der Waals surface area contributed by atoms with Gasteiger partial charge in [0.2, 0.25) is 0 Å². The summed E-state index contributed by atoms with van der Waals surface area (Å²) < 4.78 is 5.78. The van der Waals surface area contributed by atoms with Crippen LogP contribution in [0.15, 0.2) is 30.3 Å². The molecule has 20 heavy (non-hydrogen) atoms. The van der Waals surface area contributed by atoms with E-state index in [0.29, 0.717) is 12.4 Å². The van der Waals surface area contributed by atoms with Gasteiger partial charge in [0.1, 0.15) is 17.4 Å². The molecule has 4 heteroatoms. The molecule has 0 aliphatic carbocycles. The molecule has 0 radical (unpaired) electrons. The van der Waals surface area contributed by atoms with E-state index < -0.39 is 0 Å². The lowest BCUT2D eigenvalue weighted by atomic mass is 10.1. The second-order valence-corrected chi connectivity index (χ2v) is 4.69. The minimum atomic E-state index is 0.503. The topological polar surface area (TPSA) is 61.0 Å². The minimum absolute atomic E-state index is 0.503. The van der Waals surface area contributed by atoms with Crippen LogP contribution in [0.5, 0.6) is 5.75 Å². The molecule has 1 heterocycles. The van der Waals surface area contributed by atoms with Gasteiger partial charge in [-0.2, -0.15) is 0 Å². The fraction of sp³-hybridized carbons (Fsp3) is 0.375. The molecular weight excluding hydrogens is 250 g/mol. The van der Waals surface area contributed by atoms with Gasteiger partial charge in [-0.3, -0.25) is 0 Å².